The van der Waals surface area contributed by atoms with Crippen molar-refractivity contribution in [2.75, 3.05) is 0 Å². The zero-order chi connectivity index (χ0) is 14.4. The molecular weight excluding hydrogens is 240 g/mol. The lowest BCUT2D eigenvalue weighted by Gasteiger charge is -2.48. The number of hydrogen-bond donors (Lipinski definition) is 0. The molecule has 3 atom stereocenters. The Morgan fingerprint density at radius 1 is 0.850 bits per heavy atom. The van der Waals surface area contributed by atoms with Gasteiger partial charge in [-0.2, -0.15) is 0 Å². The van der Waals surface area contributed by atoms with Crippen LogP contribution >= 0.6 is 0 Å². The molecule has 3 unspecified atom stereocenters. The smallest absolute Gasteiger partial charge is 0.0357 e. The molecule has 0 nitrogen and oxygen atoms in total. The van der Waals surface area contributed by atoms with E-state index in [4.69, 9.17) is 0 Å². The van der Waals surface area contributed by atoms with Crippen molar-refractivity contribution >= 4 is 0 Å². The third kappa shape index (κ3) is 4.25. The zero-order valence-corrected chi connectivity index (χ0v) is 14.4. The second-order valence-corrected chi connectivity index (χ2v) is 7.94. The predicted molar refractivity (Wildman–Crippen MR) is 89.9 cm³/mol. The number of hydrogen-bond acceptors (Lipinski definition) is 0. The van der Waals surface area contributed by atoms with Crippen molar-refractivity contribution in [2.45, 2.75) is 97.8 Å². The van der Waals surface area contributed by atoms with Crippen molar-refractivity contribution in [2.24, 2.45) is 29.6 Å². The lowest BCUT2D eigenvalue weighted by molar-refractivity contribution is 0.0259. The van der Waals surface area contributed by atoms with Gasteiger partial charge in [0.2, 0.25) is 0 Å². The van der Waals surface area contributed by atoms with Crippen molar-refractivity contribution in [3.8, 4) is 0 Å². The molecular formula is C20H38. The van der Waals surface area contributed by atoms with Crippen LogP contribution in [0.3, 0.4) is 0 Å². The van der Waals surface area contributed by atoms with Gasteiger partial charge >= 0.3 is 0 Å². The van der Waals surface area contributed by atoms with E-state index in [0.29, 0.717) is 0 Å². The molecule has 118 valence electrons. The molecule has 3 aliphatic rings. The molecule has 3 rings (SSSR count). The molecule has 0 N–H and O–H groups in total. The summed E-state index contributed by atoms with van der Waals surface area (Å²) in [5, 5.41) is 0. The van der Waals surface area contributed by atoms with Crippen LogP contribution in [0.2, 0.25) is 0 Å². The normalized spacial score (nSPS) is 31.4. The van der Waals surface area contributed by atoms with Gasteiger partial charge in [-0.25, -0.2) is 0 Å². The molecule has 0 saturated heterocycles. The molecule has 0 radical (unpaired) electrons. The second kappa shape index (κ2) is 8.44. The summed E-state index contributed by atoms with van der Waals surface area (Å²) in [6, 6.07) is 0. The molecule has 3 aliphatic carbocycles. The topological polar surface area (TPSA) is 0 Å². The fourth-order valence-electron chi connectivity index (χ4n) is 4.41. The van der Waals surface area contributed by atoms with Gasteiger partial charge in [0.15, 0.2) is 0 Å². The van der Waals surface area contributed by atoms with Crippen LogP contribution in [0.5, 0.6) is 0 Å². The van der Waals surface area contributed by atoms with Crippen molar-refractivity contribution in [1.82, 2.24) is 0 Å². The molecule has 0 aromatic rings. The first kappa shape index (κ1) is 16.4. The van der Waals surface area contributed by atoms with Crippen LogP contribution in [0.4, 0.5) is 0 Å². The summed E-state index contributed by atoms with van der Waals surface area (Å²) in [4.78, 5) is 0. The predicted octanol–water partition coefficient (Wildman–Crippen LogP) is 6.84. The first-order valence-corrected chi connectivity index (χ1v) is 9.76. The average Bonchev–Trinajstić information content (AvgIpc) is 2.25. The monoisotopic (exact) mass is 278 g/mol. The first-order chi connectivity index (χ1) is 9.76. The fourth-order valence-corrected chi connectivity index (χ4v) is 4.41. The Morgan fingerprint density at radius 2 is 1.50 bits per heavy atom. The number of unbranched alkanes of at least 4 members (excludes halogenated alkanes) is 2. The van der Waals surface area contributed by atoms with E-state index in [1.807, 2.05) is 0 Å². The largest absolute Gasteiger partial charge is 0.0654 e. The molecule has 20 heavy (non-hydrogen) atoms. The molecule has 0 amide bonds. The summed E-state index contributed by atoms with van der Waals surface area (Å²) in [5.41, 5.74) is 0. The van der Waals surface area contributed by atoms with Gasteiger partial charge in [-0.05, 0) is 48.9 Å². The molecule has 0 heteroatoms. The SMILES string of the molecule is CC(C1CCC1)C1CCC1CC1CCC1.CCCCC. The minimum Gasteiger partial charge on any atom is -0.0654 e. The van der Waals surface area contributed by atoms with Gasteiger partial charge in [0, 0.05) is 0 Å². The van der Waals surface area contributed by atoms with E-state index in [-0.39, 0.29) is 0 Å². The highest BCUT2D eigenvalue weighted by Gasteiger charge is 2.40. The van der Waals surface area contributed by atoms with E-state index in [1.165, 1.54) is 32.1 Å². The van der Waals surface area contributed by atoms with E-state index in [9.17, 15) is 0 Å². The molecule has 3 saturated carbocycles. The van der Waals surface area contributed by atoms with Gasteiger partial charge in [0.25, 0.3) is 0 Å². The van der Waals surface area contributed by atoms with E-state index in [1.54, 1.807) is 44.9 Å². The van der Waals surface area contributed by atoms with Gasteiger partial charge in [0.05, 0.1) is 0 Å². The maximum absolute atomic E-state index is 2.56. The Kier molecular flexibility index (Phi) is 6.91. The Bertz CT molecular complexity index is 247. The average molecular weight is 279 g/mol. The quantitative estimate of drug-likeness (QED) is 0.499. The number of rotatable bonds is 6. The summed E-state index contributed by atoms with van der Waals surface area (Å²) in [6.45, 7) is 6.98. The van der Waals surface area contributed by atoms with Crippen molar-refractivity contribution in [3.63, 3.8) is 0 Å². The van der Waals surface area contributed by atoms with Crippen LogP contribution < -0.4 is 0 Å². The van der Waals surface area contributed by atoms with E-state index < -0.39 is 0 Å². The van der Waals surface area contributed by atoms with Crippen LogP contribution in [-0.2, 0) is 0 Å². The molecule has 0 aromatic heterocycles. The van der Waals surface area contributed by atoms with Gasteiger partial charge < -0.3 is 0 Å². The summed E-state index contributed by atoms with van der Waals surface area (Å²) < 4.78 is 0. The minimum atomic E-state index is 1.07. The molecule has 0 aromatic carbocycles. The Balaban J connectivity index is 0.000000257. The van der Waals surface area contributed by atoms with E-state index in [0.717, 1.165) is 29.6 Å². The summed E-state index contributed by atoms with van der Waals surface area (Å²) in [7, 11) is 0. The van der Waals surface area contributed by atoms with E-state index in [2.05, 4.69) is 20.8 Å². The third-order valence-electron chi connectivity index (χ3n) is 6.61. The van der Waals surface area contributed by atoms with Crippen LogP contribution in [0, 0.1) is 29.6 Å². The van der Waals surface area contributed by atoms with Gasteiger partial charge in [-0.1, -0.05) is 78.6 Å². The molecule has 0 bridgehead atoms. The second-order valence-electron chi connectivity index (χ2n) is 7.94. The highest BCUT2D eigenvalue weighted by Crippen LogP contribution is 2.50. The maximum atomic E-state index is 2.56. The maximum Gasteiger partial charge on any atom is -0.0357 e. The third-order valence-corrected chi connectivity index (χ3v) is 6.61. The molecule has 0 heterocycles. The summed E-state index contributed by atoms with van der Waals surface area (Å²) in [6.07, 6.45) is 18.1. The Hall–Kier alpha value is 0. The van der Waals surface area contributed by atoms with Gasteiger partial charge in [-0.3, -0.25) is 0 Å². The molecule has 0 spiro atoms. The minimum absolute atomic E-state index is 1.07. The first-order valence-electron chi connectivity index (χ1n) is 9.76. The zero-order valence-electron chi connectivity index (χ0n) is 14.4. The standard InChI is InChI=1S/C15H26.C5H12/c1-11(13-6-3-7-13)15-9-8-14(15)10-12-4-2-5-12;1-3-5-4-2/h11-15H,2-10H2,1H3;3-5H2,1-2H3. The summed E-state index contributed by atoms with van der Waals surface area (Å²) in [5.74, 6) is 5.62. The van der Waals surface area contributed by atoms with E-state index >= 15 is 0 Å². The molecule has 3 fully saturated rings. The van der Waals surface area contributed by atoms with Crippen LogP contribution in [0.1, 0.15) is 97.8 Å². The van der Waals surface area contributed by atoms with Crippen molar-refractivity contribution in [3.05, 3.63) is 0 Å². The van der Waals surface area contributed by atoms with Crippen LogP contribution in [0.15, 0.2) is 0 Å². The summed E-state index contributed by atoms with van der Waals surface area (Å²) >= 11 is 0. The highest BCUT2D eigenvalue weighted by molar-refractivity contribution is 4.91. The fraction of sp³-hybridized carbons (Fsp3) is 1.00. The van der Waals surface area contributed by atoms with Crippen LogP contribution in [-0.4, -0.2) is 0 Å². The lowest BCUT2D eigenvalue weighted by atomic mass is 9.58. The molecule has 0 aliphatic heterocycles. The van der Waals surface area contributed by atoms with Gasteiger partial charge in [0.1, 0.15) is 0 Å². The Labute approximate surface area is 128 Å². The van der Waals surface area contributed by atoms with Crippen molar-refractivity contribution < 1.29 is 0 Å². The highest BCUT2D eigenvalue weighted by atomic mass is 14.5. The van der Waals surface area contributed by atoms with Gasteiger partial charge in [-0.15, -0.1) is 0 Å². The lowest BCUT2D eigenvalue weighted by Crippen LogP contribution is -2.38. The Morgan fingerprint density at radius 3 is 1.80 bits per heavy atom. The van der Waals surface area contributed by atoms with Crippen LogP contribution in [0.25, 0.3) is 0 Å². The van der Waals surface area contributed by atoms with Crippen molar-refractivity contribution in [1.29, 1.82) is 0 Å².